The number of methoxy groups -OCH3 is 1. The van der Waals surface area contributed by atoms with Crippen LogP contribution >= 0.6 is 0 Å². The molecule has 0 aromatic carbocycles. The minimum absolute atomic E-state index is 0.0686. The molecule has 198 valence electrons. The number of carbonyl (C=O) groups is 2. The predicted octanol–water partition coefficient (Wildman–Crippen LogP) is 9.63. The zero-order valence-electron chi connectivity index (χ0n) is 46.7. The molecule has 0 aromatic heterocycles. The first-order valence-corrected chi connectivity index (χ1v) is 11.1. The van der Waals surface area contributed by atoms with Crippen LogP contribution in [0.15, 0.2) is 0 Å². The highest BCUT2D eigenvalue weighted by molar-refractivity contribution is 5.69. The second kappa shape index (κ2) is 30.9. The Labute approximate surface area is 244 Å². The summed E-state index contributed by atoms with van der Waals surface area (Å²) in [5.74, 6) is -2.80. The molecular weight excluding hydrogens is 412 g/mol. The third kappa shape index (κ3) is 35.7. The van der Waals surface area contributed by atoms with Gasteiger partial charge in [-0.15, -0.1) is 0 Å². The molecule has 0 radical (unpaired) electrons. The van der Waals surface area contributed by atoms with E-state index >= 15 is 0 Å². The van der Waals surface area contributed by atoms with Gasteiger partial charge in [-0.1, -0.05) is 142 Å². The van der Waals surface area contributed by atoms with Gasteiger partial charge in [-0.05, 0) is 12.8 Å². The summed E-state index contributed by atoms with van der Waals surface area (Å²) >= 11 is 0. The fourth-order valence-electron chi connectivity index (χ4n) is 2.40. The molecule has 0 fully saturated rings. The molecule has 0 unspecified atom stereocenters. The number of aliphatic carboxylic acids is 1. The quantitative estimate of drug-likeness (QED) is 0.106. The molecule has 0 aromatic rings. The number of carbonyl (C=O) groups excluding carboxylic acids is 1. The molecule has 0 aliphatic rings. The summed E-state index contributed by atoms with van der Waals surface area (Å²) in [6.07, 6.45) is -41.9. The number of esters is 1. The van der Waals surface area contributed by atoms with Crippen molar-refractivity contribution < 1.29 is 56.4 Å². The van der Waals surface area contributed by atoms with E-state index in [9.17, 15) is 9.59 Å². The number of hydrogen-bond acceptors (Lipinski definition) is 3. The molecule has 0 saturated heterocycles. The molecule has 0 saturated carbocycles. The summed E-state index contributed by atoms with van der Waals surface area (Å²) in [4.78, 5) is 22.1. The van der Waals surface area contributed by atoms with E-state index in [1.165, 1.54) is 71.3 Å². The van der Waals surface area contributed by atoms with Gasteiger partial charge in [-0.3, -0.25) is 9.59 Å². The van der Waals surface area contributed by atoms with Crippen LogP contribution in [-0.2, 0) is 14.3 Å². The standard InChI is InChI=1S/C15H30O2.C14H28O2/c1-3-4-5-6-7-8-9-10-11-12-13-14-15(16)17-2;1-2-3-4-5-6-7-8-9-10-11-12-13-14(15)16/h3-14H2,1-2H3;2-13H2,1H3,(H,15,16)/i;1D3,2D2,3D2,4D2,5D2,6D2,7D2,8D2,9D2,10D2,11D2,12D2,13D2. The van der Waals surface area contributed by atoms with Crippen LogP contribution in [0.25, 0.3) is 0 Å². The normalized spacial score (nSPS) is 28.2. The smallest absolute Gasteiger partial charge is 0.305 e. The van der Waals surface area contributed by atoms with Crippen LogP contribution in [0.2, 0.25) is 0 Å². The van der Waals surface area contributed by atoms with E-state index < -0.39 is 89.3 Å². The first kappa shape index (κ1) is 9.43. The van der Waals surface area contributed by atoms with Crippen molar-refractivity contribution in [2.45, 2.75) is 167 Å². The maximum atomic E-state index is 11.2. The van der Waals surface area contributed by atoms with E-state index in [1.54, 1.807) is 0 Å². The van der Waals surface area contributed by atoms with E-state index in [0.717, 1.165) is 6.42 Å². The highest BCUT2D eigenvalue weighted by Gasteiger charge is 1.99. The molecule has 1 N–H and O–H groups in total. The molecule has 0 amide bonds. The van der Waals surface area contributed by atoms with Crippen molar-refractivity contribution in [2.24, 2.45) is 0 Å². The van der Waals surface area contributed by atoms with Gasteiger partial charge >= 0.3 is 11.9 Å². The Hall–Kier alpha value is -1.06. The topological polar surface area (TPSA) is 63.6 Å². The first-order valence-electron chi connectivity index (χ1n) is 24.6. The number of ether oxygens (including phenoxy) is 1. The van der Waals surface area contributed by atoms with Gasteiger partial charge < -0.3 is 9.84 Å². The molecule has 4 heteroatoms. The minimum Gasteiger partial charge on any atom is -0.481 e. The van der Waals surface area contributed by atoms with Crippen molar-refractivity contribution in [3.8, 4) is 0 Å². The van der Waals surface area contributed by atoms with Crippen LogP contribution in [-0.4, -0.2) is 24.2 Å². The molecular formula is C29H58O4. The lowest BCUT2D eigenvalue weighted by Crippen LogP contribution is -1.99. The zero-order chi connectivity index (χ0) is 48.8. The predicted molar refractivity (Wildman–Crippen MR) is 142 cm³/mol. The third-order valence-electron chi connectivity index (χ3n) is 4.01. The first-order chi connectivity index (χ1) is 26.3. The van der Waals surface area contributed by atoms with Crippen molar-refractivity contribution in [3.05, 3.63) is 0 Å². The summed E-state index contributed by atoms with van der Waals surface area (Å²) in [6, 6.07) is 0. The Morgan fingerprint density at radius 2 is 1.12 bits per heavy atom. The van der Waals surface area contributed by atoms with Crippen molar-refractivity contribution in [2.75, 3.05) is 7.11 Å². The van der Waals surface area contributed by atoms with Gasteiger partial charge in [0.25, 0.3) is 0 Å². The Morgan fingerprint density at radius 1 is 0.697 bits per heavy atom. The Bertz CT molecular complexity index is 1390. The third-order valence-corrected chi connectivity index (χ3v) is 4.01. The largest absolute Gasteiger partial charge is 0.481 e. The summed E-state index contributed by atoms with van der Waals surface area (Å²) in [7, 11) is 1.46. The SMILES string of the molecule is CCCCCCCCCCCCCC(=O)OC.[2H]C([2H])([2H])C([2H])([2H])C([2H])([2H])C([2H])([2H])C([2H])([2H])C([2H])([2H])C([2H])([2H])C([2H])([2H])C([2H])([2H])C([2H])([2H])C([2H])([2H])C([2H])([2H])C([2H])([2H])C(=O)O. The summed E-state index contributed by atoms with van der Waals surface area (Å²) < 4.78 is 214. The van der Waals surface area contributed by atoms with Gasteiger partial charge in [0.05, 0.1) is 7.11 Å². The summed E-state index contributed by atoms with van der Waals surface area (Å²) in [5, 5.41) is 8.99. The molecule has 0 spiro atoms. The average Bonchev–Trinajstić information content (AvgIpc) is 3.09. The second-order valence-electron chi connectivity index (χ2n) is 6.67. The number of carboxylic acids is 1. The Balaban J connectivity index is 0. The second-order valence-corrected chi connectivity index (χ2v) is 6.67. The molecule has 0 rings (SSSR count). The van der Waals surface area contributed by atoms with Gasteiger partial charge in [-0.2, -0.15) is 0 Å². The lowest BCUT2D eigenvalue weighted by atomic mass is 10.1. The van der Waals surface area contributed by atoms with Crippen LogP contribution in [0.1, 0.15) is 204 Å². The molecule has 0 atom stereocenters. The Morgan fingerprint density at radius 3 is 1.55 bits per heavy atom. The lowest BCUT2D eigenvalue weighted by molar-refractivity contribution is -0.141. The Kier molecular flexibility index (Phi) is 8.84. The van der Waals surface area contributed by atoms with Crippen LogP contribution in [0.4, 0.5) is 0 Å². The maximum Gasteiger partial charge on any atom is 0.305 e. The molecule has 33 heavy (non-hydrogen) atoms. The monoisotopic (exact) mass is 498 g/mol. The van der Waals surface area contributed by atoms with Gasteiger partial charge in [0.2, 0.25) is 0 Å². The van der Waals surface area contributed by atoms with Gasteiger partial charge in [0, 0.05) is 49.8 Å². The number of carboxylic acid groups (broad SMARTS) is 1. The molecule has 0 aliphatic heterocycles. The van der Waals surface area contributed by atoms with Gasteiger partial charge in [0.15, 0.2) is 0 Å². The van der Waals surface area contributed by atoms with Gasteiger partial charge in [-0.25, -0.2) is 0 Å². The maximum absolute atomic E-state index is 11.2. The van der Waals surface area contributed by atoms with Crippen LogP contribution < -0.4 is 0 Å². The van der Waals surface area contributed by atoms with E-state index in [1.807, 2.05) is 0 Å². The fourth-order valence-corrected chi connectivity index (χ4v) is 2.40. The van der Waals surface area contributed by atoms with Crippen molar-refractivity contribution in [1.82, 2.24) is 0 Å². The zero-order valence-corrected chi connectivity index (χ0v) is 19.7. The number of rotatable bonds is 24. The fraction of sp³-hybridized carbons (Fsp3) is 0.931. The van der Waals surface area contributed by atoms with E-state index in [-0.39, 0.29) is 5.97 Å². The van der Waals surface area contributed by atoms with E-state index in [0.29, 0.717) is 6.42 Å². The molecule has 0 heterocycles. The van der Waals surface area contributed by atoms with Crippen LogP contribution in [0.3, 0.4) is 0 Å². The van der Waals surface area contributed by atoms with E-state index in [2.05, 4.69) is 11.7 Å². The lowest BCUT2D eigenvalue weighted by Gasteiger charge is -2.02. The number of unbranched alkanes of at least 4 members (excludes halogenated alkanes) is 10. The van der Waals surface area contributed by atoms with E-state index in [4.69, 9.17) is 42.1 Å². The molecule has 0 bridgehead atoms. The van der Waals surface area contributed by atoms with Gasteiger partial charge in [0.1, 0.15) is 0 Å². The highest BCUT2D eigenvalue weighted by Crippen LogP contribution is 2.13. The molecule has 4 nitrogen and oxygen atoms in total. The van der Waals surface area contributed by atoms with Crippen molar-refractivity contribution in [1.29, 1.82) is 0 Å². The van der Waals surface area contributed by atoms with Crippen LogP contribution in [0, 0.1) is 0 Å². The highest BCUT2D eigenvalue weighted by atomic mass is 16.5. The van der Waals surface area contributed by atoms with Crippen LogP contribution in [0.5, 0.6) is 0 Å². The average molecular weight is 498 g/mol. The van der Waals surface area contributed by atoms with Crippen molar-refractivity contribution in [3.63, 3.8) is 0 Å². The number of hydrogen-bond donors (Lipinski definition) is 1. The summed E-state index contributed by atoms with van der Waals surface area (Å²) in [6.45, 7) is -1.80. The van der Waals surface area contributed by atoms with Crippen molar-refractivity contribution >= 4 is 11.9 Å². The minimum atomic E-state index is -4.98. The molecule has 0 aliphatic carbocycles. The summed E-state index contributed by atoms with van der Waals surface area (Å²) in [5.41, 5.74) is 0.